The van der Waals surface area contributed by atoms with Gasteiger partial charge in [0.2, 0.25) is 0 Å². The molecule has 0 aromatic heterocycles. The van der Waals surface area contributed by atoms with E-state index in [9.17, 15) is 0 Å². The second-order valence-corrected chi connectivity index (χ2v) is 6.79. The van der Waals surface area contributed by atoms with Crippen molar-refractivity contribution in [2.24, 2.45) is 10.4 Å². The number of thioether (sulfide) groups is 1. The van der Waals surface area contributed by atoms with Crippen LogP contribution in [0.25, 0.3) is 0 Å². The molecule has 21 heavy (non-hydrogen) atoms. The number of aliphatic imine (C=N–C) groups is 1. The van der Waals surface area contributed by atoms with Crippen LogP contribution in [0.5, 0.6) is 0 Å². The molecule has 2 rings (SSSR count). The van der Waals surface area contributed by atoms with Gasteiger partial charge in [-0.2, -0.15) is 11.8 Å². The standard InChI is InChI=1S/C15H29N3OS.HI/c1-4-19-13-11-12(15(13)7-5-8-15)18-14(16-2)17-9-6-10-20-3;/h12-13H,4-11H2,1-3H3,(H2,16,17,18);1H. The summed E-state index contributed by atoms with van der Waals surface area (Å²) in [6.07, 6.45) is 8.88. The predicted molar refractivity (Wildman–Crippen MR) is 103 cm³/mol. The third kappa shape index (κ3) is 4.41. The summed E-state index contributed by atoms with van der Waals surface area (Å²) >= 11 is 1.89. The minimum absolute atomic E-state index is 0. The topological polar surface area (TPSA) is 45.6 Å². The van der Waals surface area contributed by atoms with Crippen LogP contribution in [0.1, 0.15) is 39.0 Å². The monoisotopic (exact) mass is 427 g/mol. The minimum Gasteiger partial charge on any atom is -0.378 e. The van der Waals surface area contributed by atoms with Crippen LogP contribution in [0.4, 0.5) is 0 Å². The van der Waals surface area contributed by atoms with Crippen LogP contribution in [-0.4, -0.2) is 50.3 Å². The van der Waals surface area contributed by atoms with Crippen LogP contribution in [0.15, 0.2) is 4.99 Å². The molecule has 0 saturated heterocycles. The normalized spacial score (nSPS) is 26.5. The molecule has 2 atom stereocenters. The molecule has 0 radical (unpaired) electrons. The maximum Gasteiger partial charge on any atom is 0.191 e. The number of hydrogen-bond donors (Lipinski definition) is 2. The van der Waals surface area contributed by atoms with Crippen molar-refractivity contribution in [2.45, 2.75) is 51.2 Å². The Bertz CT molecular complexity index is 337. The first-order valence-corrected chi connectivity index (χ1v) is 9.24. The van der Waals surface area contributed by atoms with Gasteiger partial charge in [-0.05, 0) is 44.6 Å². The van der Waals surface area contributed by atoms with Gasteiger partial charge in [0, 0.05) is 31.7 Å². The SMILES string of the molecule is CCOC1CC(NC(=NC)NCCCSC)C12CCC2.I. The van der Waals surface area contributed by atoms with E-state index in [0.717, 1.165) is 25.5 Å². The smallest absolute Gasteiger partial charge is 0.191 e. The van der Waals surface area contributed by atoms with E-state index in [4.69, 9.17) is 4.74 Å². The molecular formula is C15H30IN3OS. The maximum atomic E-state index is 5.89. The number of rotatable bonds is 7. The van der Waals surface area contributed by atoms with Crippen molar-refractivity contribution in [3.05, 3.63) is 0 Å². The second-order valence-electron chi connectivity index (χ2n) is 5.81. The van der Waals surface area contributed by atoms with E-state index in [-0.39, 0.29) is 24.0 Å². The fraction of sp³-hybridized carbons (Fsp3) is 0.933. The lowest BCUT2D eigenvalue weighted by Crippen LogP contribution is -2.68. The Hall–Kier alpha value is 0.310. The summed E-state index contributed by atoms with van der Waals surface area (Å²) in [4.78, 5) is 4.35. The minimum atomic E-state index is 0. The van der Waals surface area contributed by atoms with E-state index in [0.29, 0.717) is 17.6 Å². The molecule has 0 bridgehead atoms. The van der Waals surface area contributed by atoms with Gasteiger partial charge in [-0.3, -0.25) is 4.99 Å². The van der Waals surface area contributed by atoms with Gasteiger partial charge in [-0.25, -0.2) is 0 Å². The Kier molecular flexibility index (Phi) is 8.71. The van der Waals surface area contributed by atoms with Gasteiger partial charge >= 0.3 is 0 Å². The van der Waals surface area contributed by atoms with Gasteiger partial charge in [-0.1, -0.05) is 6.42 Å². The van der Waals surface area contributed by atoms with E-state index in [1.54, 1.807) is 0 Å². The molecule has 0 aliphatic heterocycles. The largest absolute Gasteiger partial charge is 0.378 e. The first-order valence-electron chi connectivity index (χ1n) is 7.84. The number of nitrogens with one attached hydrogen (secondary N) is 2. The van der Waals surface area contributed by atoms with Gasteiger partial charge in [-0.15, -0.1) is 24.0 Å². The summed E-state index contributed by atoms with van der Waals surface area (Å²) in [6.45, 7) is 3.93. The fourth-order valence-electron chi connectivity index (χ4n) is 3.42. The predicted octanol–water partition coefficient (Wildman–Crippen LogP) is 2.87. The molecular weight excluding hydrogens is 397 g/mol. The molecule has 2 N–H and O–H groups in total. The highest BCUT2D eigenvalue weighted by Gasteiger charge is 2.59. The first-order chi connectivity index (χ1) is 9.76. The van der Waals surface area contributed by atoms with Crippen LogP contribution >= 0.6 is 35.7 Å². The highest BCUT2D eigenvalue weighted by molar-refractivity contribution is 14.0. The third-order valence-electron chi connectivity index (χ3n) is 4.79. The van der Waals surface area contributed by atoms with Gasteiger partial charge in [0.15, 0.2) is 5.96 Å². The molecule has 2 fully saturated rings. The Morgan fingerprint density at radius 1 is 1.43 bits per heavy atom. The van der Waals surface area contributed by atoms with Crippen molar-refractivity contribution in [2.75, 3.05) is 32.2 Å². The number of hydrogen-bond acceptors (Lipinski definition) is 3. The second kappa shape index (κ2) is 9.45. The van der Waals surface area contributed by atoms with Crippen molar-refractivity contribution in [3.63, 3.8) is 0 Å². The van der Waals surface area contributed by atoms with Crippen molar-refractivity contribution in [1.29, 1.82) is 0 Å². The van der Waals surface area contributed by atoms with E-state index >= 15 is 0 Å². The summed E-state index contributed by atoms with van der Waals surface area (Å²) in [5, 5.41) is 7.03. The molecule has 6 heteroatoms. The summed E-state index contributed by atoms with van der Waals surface area (Å²) in [5.41, 5.74) is 0.396. The average Bonchev–Trinajstić information content (AvgIpc) is 2.38. The molecule has 0 aromatic carbocycles. The zero-order chi connectivity index (χ0) is 14.4. The zero-order valence-electron chi connectivity index (χ0n) is 13.5. The van der Waals surface area contributed by atoms with Crippen LogP contribution < -0.4 is 10.6 Å². The summed E-state index contributed by atoms with van der Waals surface area (Å²) < 4.78 is 5.89. The Morgan fingerprint density at radius 3 is 2.71 bits per heavy atom. The maximum absolute atomic E-state index is 5.89. The molecule has 2 unspecified atom stereocenters. The van der Waals surface area contributed by atoms with Crippen LogP contribution in [0.3, 0.4) is 0 Å². The molecule has 0 heterocycles. The molecule has 0 amide bonds. The lowest BCUT2D eigenvalue weighted by molar-refractivity contribution is -0.168. The van der Waals surface area contributed by atoms with E-state index < -0.39 is 0 Å². The van der Waals surface area contributed by atoms with Crippen LogP contribution in [-0.2, 0) is 4.74 Å². The fourth-order valence-corrected chi connectivity index (χ4v) is 3.86. The zero-order valence-corrected chi connectivity index (χ0v) is 16.6. The Balaban J connectivity index is 0.00000220. The highest BCUT2D eigenvalue weighted by atomic mass is 127. The molecule has 4 nitrogen and oxygen atoms in total. The average molecular weight is 427 g/mol. The Labute approximate surface area is 150 Å². The van der Waals surface area contributed by atoms with Gasteiger partial charge in [0.25, 0.3) is 0 Å². The molecule has 0 aromatic rings. The number of ether oxygens (including phenoxy) is 1. The van der Waals surface area contributed by atoms with E-state index in [1.165, 1.54) is 31.4 Å². The molecule has 2 saturated carbocycles. The van der Waals surface area contributed by atoms with Crippen molar-refractivity contribution < 1.29 is 4.74 Å². The van der Waals surface area contributed by atoms with E-state index in [2.05, 4.69) is 28.8 Å². The van der Waals surface area contributed by atoms with Crippen molar-refractivity contribution in [1.82, 2.24) is 10.6 Å². The molecule has 124 valence electrons. The van der Waals surface area contributed by atoms with Gasteiger partial charge in [0.1, 0.15) is 0 Å². The van der Waals surface area contributed by atoms with Gasteiger partial charge in [0.05, 0.1) is 6.10 Å². The summed E-state index contributed by atoms with van der Waals surface area (Å²) in [7, 11) is 1.86. The lowest BCUT2D eigenvalue weighted by atomic mass is 9.51. The van der Waals surface area contributed by atoms with Crippen molar-refractivity contribution >= 4 is 41.7 Å². The van der Waals surface area contributed by atoms with Gasteiger partial charge < -0.3 is 15.4 Å². The summed E-state index contributed by atoms with van der Waals surface area (Å²) in [5.74, 6) is 2.15. The van der Waals surface area contributed by atoms with Crippen molar-refractivity contribution in [3.8, 4) is 0 Å². The van der Waals surface area contributed by atoms with E-state index in [1.807, 2.05) is 18.8 Å². The van der Waals surface area contributed by atoms with Crippen LogP contribution in [0, 0.1) is 5.41 Å². The quantitative estimate of drug-likeness (QED) is 0.284. The Morgan fingerprint density at radius 2 is 2.19 bits per heavy atom. The number of halogens is 1. The molecule has 1 spiro atoms. The third-order valence-corrected chi connectivity index (χ3v) is 5.49. The number of nitrogens with zero attached hydrogens (tertiary/aromatic N) is 1. The molecule has 2 aliphatic rings. The summed E-state index contributed by atoms with van der Waals surface area (Å²) in [6, 6.07) is 0.541. The molecule has 2 aliphatic carbocycles. The van der Waals surface area contributed by atoms with Crippen LogP contribution in [0.2, 0.25) is 0 Å². The first kappa shape index (κ1) is 19.4. The lowest BCUT2D eigenvalue weighted by Gasteiger charge is -2.61. The highest BCUT2D eigenvalue weighted by Crippen LogP contribution is 2.57. The number of guanidine groups is 1.